The van der Waals surface area contributed by atoms with Crippen molar-refractivity contribution in [2.75, 3.05) is 19.5 Å². The van der Waals surface area contributed by atoms with E-state index >= 15 is 0 Å². The van der Waals surface area contributed by atoms with E-state index in [4.69, 9.17) is 9.47 Å². The minimum Gasteiger partial charge on any atom is -0.495 e. The Morgan fingerprint density at radius 2 is 2.21 bits per heavy atom. The smallest absolute Gasteiger partial charge is 0.256 e. The number of benzene rings is 1. The summed E-state index contributed by atoms with van der Waals surface area (Å²) in [6.45, 7) is 0. The van der Waals surface area contributed by atoms with E-state index in [2.05, 4.69) is 22.1 Å². The average molecular weight is 408 g/mol. The molecule has 3 N–H and O–H groups in total. The molecule has 0 aliphatic carbocycles. The van der Waals surface area contributed by atoms with Gasteiger partial charge >= 0.3 is 0 Å². The summed E-state index contributed by atoms with van der Waals surface area (Å²) >= 11 is 1.42. The lowest BCUT2D eigenvalue weighted by atomic mass is 9.99. The predicted octanol–water partition coefficient (Wildman–Crippen LogP) is 3.22. The normalized spacial score (nSPS) is 22.2. The van der Waals surface area contributed by atoms with Crippen LogP contribution in [0.1, 0.15) is 23.2 Å². The highest BCUT2D eigenvalue weighted by Gasteiger charge is 2.39. The number of carbonyl (C=O) groups excluding carboxylic acids is 1. The molecule has 0 fully saturated rings. The first-order chi connectivity index (χ1) is 14.1. The van der Waals surface area contributed by atoms with Crippen molar-refractivity contribution in [3.63, 3.8) is 0 Å². The minimum absolute atomic E-state index is 0.213. The van der Waals surface area contributed by atoms with Crippen LogP contribution in [0, 0.1) is 11.8 Å². The van der Waals surface area contributed by atoms with Crippen molar-refractivity contribution in [3.8, 4) is 17.6 Å². The average Bonchev–Trinajstić information content (AvgIpc) is 3.46. The van der Waals surface area contributed by atoms with Gasteiger partial charge in [0, 0.05) is 30.9 Å². The maximum atomic E-state index is 12.6. The first-order valence-electron chi connectivity index (χ1n) is 9.03. The second kappa shape index (κ2) is 7.84. The Kier molecular flexibility index (Phi) is 5.24. The molecule has 29 heavy (non-hydrogen) atoms. The van der Waals surface area contributed by atoms with Gasteiger partial charge in [-0.2, -0.15) is 0 Å². The molecule has 2 unspecified atom stereocenters. The number of aliphatic hydroxyl groups excluding tert-OH is 1. The number of nitrogens with one attached hydrogen (secondary N) is 2. The number of fused-ring (bicyclic) bond motifs is 1. The molecule has 148 valence electrons. The van der Waals surface area contributed by atoms with E-state index < -0.39 is 11.0 Å². The molecule has 0 bridgehead atoms. The molecule has 2 aliphatic heterocycles. The Hall–Kier alpha value is -2.92. The van der Waals surface area contributed by atoms with Crippen LogP contribution in [0.2, 0.25) is 0 Å². The molecule has 6 nitrogen and oxygen atoms in total. The van der Waals surface area contributed by atoms with E-state index in [9.17, 15) is 9.90 Å². The number of methoxy groups -OCH3 is 2. The molecule has 2 atom stereocenters. The lowest BCUT2D eigenvalue weighted by Gasteiger charge is -2.28. The molecule has 1 aromatic carbocycles. The molecule has 1 amide bonds. The fourth-order valence-electron chi connectivity index (χ4n) is 3.39. The zero-order valence-electron chi connectivity index (χ0n) is 16.0. The van der Waals surface area contributed by atoms with Gasteiger partial charge in [-0.1, -0.05) is 35.7 Å². The number of ether oxygens (including phenoxy) is 2. The largest absolute Gasteiger partial charge is 0.495 e. The zero-order valence-corrected chi connectivity index (χ0v) is 16.8. The summed E-state index contributed by atoms with van der Waals surface area (Å²) in [6.07, 6.45) is 5.04. The third-order valence-electron chi connectivity index (χ3n) is 4.95. The van der Waals surface area contributed by atoms with E-state index in [0.29, 0.717) is 40.3 Å². The first-order valence-corrected chi connectivity index (χ1v) is 9.91. The van der Waals surface area contributed by atoms with Gasteiger partial charge in [0.2, 0.25) is 0 Å². The second-order valence-corrected chi connectivity index (χ2v) is 7.78. The van der Waals surface area contributed by atoms with Crippen molar-refractivity contribution < 1.29 is 19.4 Å². The number of anilines is 1. The molecule has 0 radical (unpaired) electrons. The number of hydrogen-bond acceptors (Lipinski definition) is 5. The topological polar surface area (TPSA) is 83.6 Å². The van der Waals surface area contributed by atoms with Gasteiger partial charge in [-0.3, -0.25) is 4.79 Å². The van der Waals surface area contributed by atoms with Gasteiger partial charge < -0.3 is 24.9 Å². The Morgan fingerprint density at radius 3 is 2.93 bits per heavy atom. The molecule has 2 aliphatic rings. The van der Waals surface area contributed by atoms with Gasteiger partial charge in [-0.15, -0.1) is 0 Å². The van der Waals surface area contributed by atoms with Crippen molar-refractivity contribution in [3.05, 3.63) is 58.8 Å². The summed E-state index contributed by atoms with van der Waals surface area (Å²) in [4.78, 5) is 14.9. The Labute approximate surface area is 173 Å². The number of aromatic amines is 1. The SMILES string of the molecule is COc1cc[nH]c1C=C1C(=O)Nc2cccc(C#CC(O)C3(OC)CC=CS3)c21. The van der Waals surface area contributed by atoms with E-state index in [0.717, 1.165) is 0 Å². The maximum Gasteiger partial charge on any atom is 0.256 e. The fraction of sp³-hybridized carbons (Fsp3) is 0.227. The third-order valence-corrected chi connectivity index (χ3v) is 6.23. The molecule has 0 spiro atoms. The number of H-pyrrole nitrogens is 1. The summed E-state index contributed by atoms with van der Waals surface area (Å²) in [5.74, 6) is 6.38. The van der Waals surface area contributed by atoms with E-state index in [-0.39, 0.29) is 5.91 Å². The third kappa shape index (κ3) is 3.47. The molecular weight excluding hydrogens is 388 g/mol. The van der Waals surface area contributed by atoms with Crippen LogP contribution in [0.3, 0.4) is 0 Å². The summed E-state index contributed by atoms with van der Waals surface area (Å²) in [5, 5.41) is 15.4. The van der Waals surface area contributed by atoms with Gasteiger partial charge in [0.05, 0.1) is 24.1 Å². The lowest BCUT2D eigenvalue weighted by molar-refractivity contribution is -0.110. The van der Waals surface area contributed by atoms with Gasteiger partial charge in [-0.05, 0) is 29.7 Å². The van der Waals surface area contributed by atoms with Crippen LogP contribution in [0.15, 0.2) is 41.9 Å². The quantitative estimate of drug-likeness (QED) is 0.534. The second-order valence-electron chi connectivity index (χ2n) is 6.58. The van der Waals surface area contributed by atoms with Crippen LogP contribution in [0.25, 0.3) is 11.6 Å². The van der Waals surface area contributed by atoms with Crippen LogP contribution in [0.5, 0.6) is 5.75 Å². The number of aromatic nitrogens is 1. The van der Waals surface area contributed by atoms with E-state index in [1.165, 1.54) is 11.8 Å². The van der Waals surface area contributed by atoms with Crippen LogP contribution >= 0.6 is 11.8 Å². The van der Waals surface area contributed by atoms with Crippen molar-refractivity contribution in [1.29, 1.82) is 0 Å². The van der Waals surface area contributed by atoms with Crippen molar-refractivity contribution >= 4 is 35.0 Å². The Morgan fingerprint density at radius 1 is 1.34 bits per heavy atom. The first kappa shape index (κ1) is 19.4. The highest BCUT2D eigenvalue weighted by Crippen LogP contribution is 2.40. The van der Waals surface area contributed by atoms with Crippen LogP contribution in [0.4, 0.5) is 5.69 Å². The van der Waals surface area contributed by atoms with Crippen molar-refractivity contribution in [2.24, 2.45) is 0 Å². The molecule has 7 heteroatoms. The molecular formula is C22H20N2O4S. The summed E-state index contributed by atoms with van der Waals surface area (Å²) in [7, 11) is 3.14. The molecule has 2 aromatic rings. The predicted molar refractivity (Wildman–Crippen MR) is 114 cm³/mol. The molecule has 3 heterocycles. The summed E-state index contributed by atoms with van der Waals surface area (Å²) < 4.78 is 10.8. The number of amides is 1. The highest BCUT2D eigenvalue weighted by molar-refractivity contribution is 8.03. The van der Waals surface area contributed by atoms with Crippen LogP contribution in [-0.2, 0) is 9.53 Å². The highest BCUT2D eigenvalue weighted by atomic mass is 32.2. The van der Waals surface area contributed by atoms with E-state index in [1.807, 2.05) is 29.7 Å². The Balaban J connectivity index is 1.73. The number of hydrogen-bond donors (Lipinski definition) is 3. The molecule has 0 saturated heterocycles. The molecule has 0 saturated carbocycles. The van der Waals surface area contributed by atoms with Gasteiger partial charge in [-0.25, -0.2) is 0 Å². The minimum atomic E-state index is -0.982. The number of carbonyl (C=O) groups is 1. The van der Waals surface area contributed by atoms with Gasteiger partial charge in [0.25, 0.3) is 5.91 Å². The monoisotopic (exact) mass is 408 g/mol. The maximum absolute atomic E-state index is 12.6. The summed E-state index contributed by atoms with van der Waals surface area (Å²) in [5.41, 5.74) is 3.22. The number of thioether (sulfide) groups is 1. The van der Waals surface area contributed by atoms with Gasteiger partial charge in [0.15, 0.2) is 11.0 Å². The van der Waals surface area contributed by atoms with Crippen molar-refractivity contribution in [1.82, 2.24) is 4.98 Å². The van der Waals surface area contributed by atoms with Crippen LogP contribution < -0.4 is 10.1 Å². The summed E-state index contributed by atoms with van der Waals surface area (Å²) in [6, 6.07) is 7.28. The lowest BCUT2D eigenvalue weighted by Crippen LogP contribution is -2.38. The zero-order chi connectivity index (χ0) is 20.4. The van der Waals surface area contributed by atoms with Crippen LogP contribution in [-0.4, -0.2) is 41.3 Å². The van der Waals surface area contributed by atoms with Crippen molar-refractivity contribution in [2.45, 2.75) is 17.5 Å². The molecule has 4 rings (SSSR count). The Bertz CT molecular complexity index is 1070. The van der Waals surface area contributed by atoms with E-state index in [1.54, 1.807) is 32.6 Å². The fourth-order valence-corrected chi connectivity index (χ4v) is 4.29. The number of aliphatic hydroxyl groups is 1. The molecule has 1 aromatic heterocycles. The number of rotatable bonds is 4. The standard InChI is InChI=1S/C22H20N2O4S/c1-27-18-9-11-23-17(18)13-15-20-14(5-3-6-16(20)24-21(15)26)7-8-19(25)22(28-2)10-4-12-29-22/h3-6,9,11-13,19,23,25H,10H2,1-2H3,(H,24,26). The van der Waals surface area contributed by atoms with Gasteiger partial charge in [0.1, 0.15) is 5.75 Å².